The topological polar surface area (TPSA) is 78.3 Å². The van der Waals surface area contributed by atoms with E-state index in [9.17, 15) is 14.4 Å². The van der Waals surface area contributed by atoms with Gasteiger partial charge in [-0.15, -0.1) is 0 Å². The lowest BCUT2D eigenvalue weighted by Crippen LogP contribution is -2.25. The highest BCUT2D eigenvalue weighted by Gasteiger charge is 2.14. The second kappa shape index (κ2) is 8.54. The molecule has 0 radical (unpaired) electrons. The smallest absolute Gasteiger partial charge is 0.359 e. The molecule has 0 N–H and O–H groups in total. The molecule has 2 rings (SSSR count). The molecule has 0 atom stereocenters. The van der Waals surface area contributed by atoms with E-state index in [1.807, 2.05) is 6.92 Å². The van der Waals surface area contributed by atoms with Gasteiger partial charge in [-0.25, -0.2) is 9.48 Å². The van der Waals surface area contributed by atoms with Crippen molar-refractivity contribution in [2.45, 2.75) is 26.3 Å². The fourth-order valence-corrected chi connectivity index (χ4v) is 2.21. The van der Waals surface area contributed by atoms with Gasteiger partial charge < -0.3 is 4.74 Å². The molecule has 0 aliphatic carbocycles. The largest absolute Gasteiger partial charge is 0.453 e. The van der Waals surface area contributed by atoms with Crippen molar-refractivity contribution in [1.29, 1.82) is 0 Å². The van der Waals surface area contributed by atoms with E-state index in [4.69, 9.17) is 4.74 Å². The number of halogens is 1. The van der Waals surface area contributed by atoms with Crippen LogP contribution in [0.1, 0.15) is 40.6 Å². The van der Waals surface area contributed by atoms with E-state index in [2.05, 4.69) is 21.0 Å². The number of esters is 1. The summed E-state index contributed by atoms with van der Waals surface area (Å²) in [5.74, 6) is -1.04. The molecule has 0 aliphatic rings. The molecule has 0 saturated heterocycles. The molecular formula is C17H17BrN2O4. The van der Waals surface area contributed by atoms with Crippen molar-refractivity contribution in [3.63, 3.8) is 0 Å². The highest BCUT2D eigenvalue weighted by atomic mass is 79.9. The summed E-state index contributed by atoms with van der Waals surface area (Å²) in [7, 11) is 0. The Balaban J connectivity index is 2.00. The van der Waals surface area contributed by atoms with Crippen molar-refractivity contribution in [2.24, 2.45) is 0 Å². The van der Waals surface area contributed by atoms with E-state index in [1.54, 1.807) is 24.3 Å². The number of nitrogens with zero attached hydrogens (tertiary/aromatic N) is 2. The molecule has 2 aromatic rings. The summed E-state index contributed by atoms with van der Waals surface area (Å²) in [6.45, 7) is 2.06. The normalized spacial score (nSPS) is 10.4. The number of ketones is 1. The number of carbonyl (C=O) groups excluding carboxylic acids is 2. The first-order valence-electron chi connectivity index (χ1n) is 7.55. The quantitative estimate of drug-likeness (QED) is 0.534. The Morgan fingerprint density at radius 3 is 2.54 bits per heavy atom. The zero-order valence-corrected chi connectivity index (χ0v) is 14.8. The van der Waals surface area contributed by atoms with Gasteiger partial charge in [-0.1, -0.05) is 41.4 Å². The van der Waals surface area contributed by atoms with Crippen LogP contribution in [0.4, 0.5) is 0 Å². The molecule has 1 aromatic carbocycles. The average molecular weight is 393 g/mol. The lowest BCUT2D eigenvalue weighted by atomic mass is 10.1. The lowest BCUT2D eigenvalue weighted by molar-refractivity contribution is 0.0466. The maximum absolute atomic E-state index is 12.0. The summed E-state index contributed by atoms with van der Waals surface area (Å²) in [5.41, 5.74) is 0.187. The number of hydrogen-bond acceptors (Lipinski definition) is 5. The Morgan fingerprint density at radius 2 is 1.88 bits per heavy atom. The highest BCUT2D eigenvalue weighted by molar-refractivity contribution is 9.10. The van der Waals surface area contributed by atoms with Gasteiger partial charge in [0, 0.05) is 22.6 Å². The third-order valence-corrected chi connectivity index (χ3v) is 3.83. The standard InChI is InChI=1S/C17H17BrN2O4/c1-2-3-10-20-16(22)9-8-14(19-20)17(23)24-11-15(21)12-4-6-13(18)7-5-12/h4-9H,2-3,10-11H2,1H3. The van der Waals surface area contributed by atoms with E-state index >= 15 is 0 Å². The molecule has 24 heavy (non-hydrogen) atoms. The van der Waals surface area contributed by atoms with Gasteiger partial charge in [0.25, 0.3) is 5.56 Å². The minimum absolute atomic E-state index is 0.00862. The Labute approximate surface area is 147 Å². The van der Waals surface area contributed by atoms with Crippen LogP contribution in [0.5, 0.6) is 0 Å². The van der Waals surface area contributed by atoms with E-state index < -0.39 is 5.97 Å². The lowest BCUT2D eigenvalue weighted by Gasteiger charge is -2.07. The molecule has 7 heteroatoms. The predicted octanol–water partition coefficient (Wildman–Crippen LogP) is 2.85. The van der Waals surface area contributed by atoms with Gasteiger partial charge >= 0.3 is 5.97 Å². The molecule has 0 aliphatic heterocycles. The molecular weight excluding hydrogens is 376 g/mol. The number of hydrogen-bond donors (Lipinski definition) is 0. The Bertz CT molecular complexity index is 784. The second-order valence-electron chi connectivity index (χ2n) is 5.14. The van der Waals surface area contributed by atoms with E-state index in [-0.39, 0.29) is 23.6 Å². The zero-order chi connectivity index (χ0) is 17.5. The molecule has 126 valence electrons. The molecule has 0 saturated carbocycles. The predicted molar refractivity (Wildman–Crippen MR) is 92.2 cm³/mol. The minimum atomic E-state index is -0.731. The Hall–Kier alpha value is -2.28. The van der Waals surface area contributed by atoms with Gasteiger partial charge in [0.1, 0.15) is 0 Å². The second-order valence-corrected chi connectivity index (χ2v) is 6.06. The summed E-state index contributed by atoms with van der Waals surface area (Å²) >= 11 is 3.28. The summed E-state index contributed by atoms with van der Waals surface area (Å²) in [5, 5.41) is 3.98. The molecule has 0 fully saturated rings. The maximum Gasteiger partial charge on any atom is 0.359 e. The first kappa shape index (κ1) is 18.1. The average Bonchev–Trinajstić information content (AvgIpc) is 2.59. The molecule has 1 aromatic heterocycles. The number of benzene rings is 1. The van der Waals surface area contributed by atoms with Crippen LogP contribution in [0, 0.1) is 0 Å². The molecule has 0 amide bonds. The Morgan fingerprint density at radius 1 is 1.17 bits per heavy atom. The number of Topliss-reactive ketones (excluding diaryl/α,β-unsaturated/α-hetero) is 1. The number of ether oxygens (including phenoxy) is 1. The van der Waals surface area contributed by atoms with Crippen LogP contribution in [-0.4, -0.2) is 28.1 Å². The summed E-state index contributed by atoms with van der Waals surface area (Å²) in [4.78, 5) is 35.7. The number of rotatable bonds is 7. The van der Waals surface area contributed by atoms with Gasteiger partial charge in [0.05, 0.1) is 0 Å². The highest BCUT2D eigenvalue weighted by Crippen LogP contribution is 2.11. The van der Waals surface area contributed by atoms with Gasteiger partial charge in [-0.2, -0.15) is 5.10 Å². The Kier molecular flexibility index (Phi) is 6.43. The van der Waals surface area contributed by atoms with Crippen molar-refractivity contribution >= 4 is 27.7 Å². The SMILES string of the molecule is CCCCn1nc(C(=O)OCC(=O)c2ccc(Br)cc2)ccc1=O. The maximum atomic E-state index is 12.0. The summed E-state index contributed by atoms with van der Waals surface area (Å²) < 4.78 is 7.08. The third kappa shape index (κ3) is 4.86. The number of aromatic nitrogens is 2. The molecule has 0 bridgehead atoms. The van der Waals surface area contributed by atoms with E-state index in [1.165, 1.54) is 16.8 Å². The first-order chi connectivity index (χ1) is 11.5. The van der Waals surface area contributed by atoms with Crippen molar-refractivity contribution in [2.75, 3.05) is 6.61 Å². The monoisotopic (exact) mass is 392 g/mol. The van der Waals surface area contributed by atoms with E-state index in [0.29, 0.717) is 12.1 Å². The fourth-order valence-electron chi connectivity index (χ4n) is 1.95. The summed E-state index contributed by atoms with van der Waals surface area (Å²) in [6.07, 6.45) is 1.69. The summed E-state index contributed by atoms with van der Waals surface area (Å²) in [6, 6.07) is 9.33. The van der Waals surface area contributed by atoms with Crippen LogP contribution in [0.15, 0.2) is 45.7 Å². The van der Waals surface area contributed by atoms with Crippen molar-refractivity contribution in [3.05, 3.63) is 62.5 Å². The van der Waals surface area contributed by atoms with Crippen LogP contribution < -0.4 is 5.56 Å². The van der Waals surface area contributed by atoms with Crippen LogP contribution in [0.25, 0.3) is 0 Å². The van der Waals surface area contributed by atoms with Crippen molar-refractivity contribution in [3.8, 4) is 0 Å². The molecule has 0 unspecified atom stereocenters. The molecule has 0 spiro atoms. The van der Waals surface area contributed by atoms with Gasteiger partial charge in [0.15, 0.2) is 18.1 Å². The van der Waals surface area contributed by atoms with Crippen LogP contribution in [0.3, 0.4) is 0 Å². The number of carbonyl (C=O) groups is 2. The van der Waals surface area contributed by atoms with Crippen LogP contribution in [0.2, 0.25) is 0 Å². The number of unbranched alkanes of at least 4 members (excludes halogenated alkanes) is 1. The zero-order valence-electron chi connectivity index (χ0n) is 13.2. The van der Waals surface area contributed by atoms with Gasteiger partial charge in [0.2, 0.25) is 0 Å². The van der Waals surface area contributed by atoms with Gasteiger partial charge in [-0.05, 0) is 24.6 Å². The molecule has 6 nitrogen and oxygen atoms in total. The fraction of sp³-hybridized carbons (Fsp3) is 0.294. The van der Waals surface area contributed by atoms with E-state index in [0.717, 1.165) is 17.3 Å². The van der Waals surface area contributed by atoms with Crippen LogP contribution in [-0.2, 0) is 11.3 Å². The van der Waals surface area contributed by atoms with Gasteiger partial charge in [-0.3, -0.25) is 9.59 Å². The first-order valence-corrected chi connectivity index (χ1v) is 8.34. The minimum Gasteiger partial charge on any atom is -0.453 e. The van der Waals surface area contributed by atoms with Crippen molar-refractivity contribution < 1.29 is 14.3 Å². The number of aryl methyl sites for hydroxylation is 1. The molecule has 1 heterocycles. The third-order valence-electron chi connectivity index (χ3n) is 3.30. The van der Waals surface area contributed by atoms with Crippen molar-refractivity contribution in [1.82, 2.24) is 9.78 Å². The van der Waals surface area contributed by atoms with Crippen LogP contribution >= 0.6 is 15.9 Å².